The molecule has 0 aromatic heterocycles. The number of benzene rings is 1. The highest BCUT2D eigenvalue weighted by molar-refractivity contribution is 5.82. The van der Waals surface area contributed by atoms with Crippen molar-refractivity contribution < 1.29 is 14.3 Å². The molecule has 1 aliphatic carbocycles. The van der Waals surface area contributed by atoms with E-state index in [1.165, 1.54) is 5.56 Å². The summed E-state index contributed by atoms with van der Waals surface area (Å²) in [5.74, 6) is 0.566. The second-order valence-electron chi connectivity index (χ2n) is 8.47. The monoisotopic (exact) mass is 370 g/mol. The summed E-state index contributed by atoms with van der Waals surface area (Å²) in [5, 5.41) is 0. The lowest BCUT2D eigenvalue weighted by Gasteiger charge is -2.36. The number of aryl methyl sites for hydroxylation is 1. The Labute approximate surface area is 161 Å². The highest BCUT2D eigenvalue weighted by Crippen LogP contribution is 2.50. The van der Waals surface area contributed by atoms with Crippen LogP contribution in [0.5, 0.6) is 0 Å². The third-order valence-corrected chi connectivity index (χ3v) is 6.74. The Morgan fingerprint density at radius 3 is 2.56 bits per heavy atom. The number of nitrogens with zero attached hydrogens (tertiary/aromatic N) is 2. The average Bonchev–Trinajstić information content (AvgIpc) is 3.31. The molecule has 1 saturated carbocycles. The largest absolute Gasteiger partial charge is 0.378 e. The molecule has 2 atom stereocenters. The van der Waals surface area contributed by atoms with Gasteiger partial charge in [0.25, 0.3) is 0 Å². The summed E-state index contributed by atoms with van der Waals surface area (Å²) in [7, 11) is 0. The molecule has 1 aromatic carbocycles. The fraction of sp³-hybridized carbons (Fsp3) is 0.636. The molecule has 2 amide bonds. The second-order valence-corrected chi connectivity index (χ2v) is 8.47. The maximum atomic E-state index is 13.1. The SMILES string of the molecule is Cc1ccc(CC(=O)N2CC[C@@]3(CCC[C@H]3C(=O)N3CCOCC3)C2)cc1. The zero-order valence-corrected chi connectivity index (χ0v) is 16.3. The number of hydrogen-bond donors (Lipinski definition) is 0. The predicted molar refractivity (Wildman–Crippen MR) is 103 cm³/mol. The van der Waals surface area contributed by atoms with Crippen LogP contribution in [-0.4, -0.2) is 61.0 Å². The van der Waals surface area contributed by atoms with Crippen molar-refractivity contribution in [1.82, 2.24) is 9.80 Å². The first-order valence-electron chi connectivity index (χ1n) is 10.3. The van der Waals surface area contributed by atoms with Crippen LogP contribution in [-0.2, 0) is 20.7 Å². The van der Waals surface area contributed by atoms with Crippen LogP contribution in [0.1, 0.15) is 36.8 Å². The van der Waals surface area contributed by atoms with Crippen LogP contribution in [0.15, 0.2) is 24.3 Å². The number of ether oxygens (including phenoxy) is 1. The average molecular weight is 370 g/mol. The number of amides is 2. The van der Waals surface area contributed by atoms with Crippen molar-refractivity contribution in [2.24, 2.45) is 11.3 Å². The van der Waals surface area contributed by atoms with Gasteiger partial charge in [0, 0.05) is 37.5 Å². The molecule has 27 heavy (non-hydrogen) atoms. The van der Waals surface area contributed by atoms with Gasteiger partial charge in [0.05, 0.1) is 19.6 Å². The van der Waals surface area contributed by atoms with E-state index in [9.17, 15) is 9.59 Å². The minimum Gasteiger partial charge on any atom is -0.378 e. The number of carbonyl (C=O) groups is 2. The standard InChI is InChI=1S/C22H30N2O3/c1-17-4-6-18(7-5-17)15-20(25)24-10-9-22(16-24)8-2-3-19(22)21(26)23-11-13-27-14-12-23/h4-7,19H,2-3,8-16H2,1H3/t19-,22-/m0/s1. The lowest BCUT2D eigenvalue weighted by Crippen LogP contribution is -2.47. The van der Waals surface area contributed by atoms with E-state index in [0.29, 0.717) is 38.6 Å². The van der Waals surface area contributed by atoms with Gasteiger partial charge in [-0.05, 0) is 31.7 Å². The first kappa shape index (κ1) is 18.5. The van der Waals surface area contributed by atoms with E-state index in [1.807, 2.05) is 21.9 Å². The van der Waals surface area contributed by atoms with Crippen LogP contribution in [0.2, 0.25) is 0 Å². The first-order valence-corrected chi connectivity index (χ1v) is 10.3. The molecule has 5 heteroatoms. The number of likely N-dealkylation sites (tertiary alicyclic amines) is 1. The lowest BCUT2D eigenvalue weighted by atomic mass is 9.76. The van der Waals surface area contributed by atoms with Gasteiger partial charge in [0.2, 0.25) is 11.8 Å². The summed E-state index contributed by atoms with van der Waals surface area (Å²) in [6.45, 7) is 6.31. The molecule has 146 valence electrons. The van der Waals surface area contributed by atoms with Crippen LogP contribution in [0.4, 0.5) is 0 Å². The fourth-order valence-electron chi connectivity index (χ4n) is 5.12. The number of hydrogen-bond acceptors (Lipinski definition) is 3. The third kappa shape index (κ3) is 3.75. The molecule has 1 spiro atoms. The van der Waals surface area contributed by atoms with Gasteiger partial charge in [-0.15, -0.1) is 0 Å². The van der Waals surface area contributed by atoms with E-state index in [4.69, 9.17) is 4.74 Å². The number of morpholine rings is 1. The molecule has 0 radical (unpaired) electrons. The van der Waals surface area contributed by atoms with Gasteiger partial charge in [0.15, 0.2) is 0 Å². The van der Waals surface area contributed by atoms with Crippen LogP contribution >= 0.6 is 0 Å². The van der Waals surface area contributed by atoms with Gasteiger partial charge >= 0.3 is 0 Å². The summed E-state index contributed by atoms with van der Waals surface area (Å²) in [4.78, 5) is 29.9. The normalized spacial score (nSPS) is 28.1. The summed E-state index contributed by atoms with van der Waals surface area (Å²) in [6.07, 6.45) is 4.56. The Morgan fingerprint density at radius 2 is 1.81 bits per heavy atom. The molecular weight excluding hydrogens is 340 g/mol. The summed E-state index contributed by atoms with van der Waals surface area (Å²) in [6, 6.07) is 8.20. The van der Waals surface area contributed by atoms with Crippen molar-refractivity contribution >= 4 is 11.8 Å². The van der Waals surface area contributed by atoms with Crippen molar-refractivity contribution in [1.29, 1.82) is 0 Å². The Hall–Kier alpha value is -1.88. The van der Waals surface area contributed by atoms with Crippen molar-refractivity contribution in [2.45, 2.75) is 39.0 Å². The van der Waals surface area contributed by atoms with E-state index >= 15 is 0 Å². The summed E-state index contributed by atoms with van der Waals surface area (Å²) in [5.41, 5.74) is 2.28. The van der Waals surface area contributed by atoms with E-state index < -0.39 is 0 Å². The Morgan fingerprint density at radius 1 is 1.07 bits per heavy atom. The molecule has 0 bridgehead atoms. The Balaban J connectivity index is 1.41. The first-order chi connectivity index (χ1) is 13.1. The molecule has 2 aliphatic heterocycles. The predicted octanol–water partition coefficient (Wildman–Crippen LogP) is 2.42. The molecular formula is C22H30N2O3. The highest BCUT2D eigenvalue weighted by Gasteiger charge is 2.52. The zero-order valence-electron chi connectivity index (χ0n) is 16.3. The smallest absolute Gasteiger partial charge is 0.227 e. The van der Waals surface area contributed by atoms with Crippen LogP contribution in [0, 0.1) is 18.3 Å². The molecule has 3 fully saturated rings. The molecule has 2 saturated heterocycles. The fourth-order valence-corrected chi connectivity index (χ4v) is 5.12. The molecule has 2 heterocycles. The van der Waals surface area contributed by atoms with Gasteiger partial charge in [-0.1, -0.05) is 36.2 Å². The van der Waals surface area contributed by atoms with Gasteiger partial charge in [-0.3, -0.25) is 9.59 Å². The van der Waals surface area contributed by atoms with Crippen LogP contribution < -0.4 is 0 Å². The minimum atomic E-state index is -0.00166. The van der Waals surface area contributed by atoms with Crippen molar-refractivity contribution in [3.63, 3.8) is 0 Å². The highest BCUT2D eigenvalue weighted by atomic mass is 16.5. The van der Waals surface area contributed by atoms with E-state index in [1.54, 1.807) is 0 Å². The molecule has 5 nitrogen and oxygen atoms in total. The number of rotatable bonds is 3. The lowest BCUT2D eigenvalue weighted by molar-refractivity contribution is -0.143. The van der Waals surface area contributed by atoms with E-state index in [0.717, 1.165) is 44.3 Å². The van der Waals surface area contributed by atoms with Crippen LogP contribution in [0.25, 0.3) is 0 Å². The number of carbonyl (C=O) groups excluding carboxylic acids is 2. The van der Waals surface area contributed by atoms with Crippen molar-refractivity contribution in [3.8, 4) is 0 Å². The van der Waals surface area contributed by atoms with Crippen molar-refractivity contribution in [2.75, 3.05) is 39.4 Å². The minimum absolute atomic E-state index is 0.00166. The molecule has 0 unspecified atom stereocenters. The molecule has 1 aromatic rings. The third-order valence-electron chi connectivity index (χ3n) is 6.74. The maximum absolute atomic E-state index is 13.1. The zero-order chi connectivity index (χ0) is 18.9. The second kappa shape index (κ2) is 7.63. The summed E-state index contributed by atoms with van der Waals surface area (Å²) < 4.78 is 5.40. The summed E-state index contributed by atoms with van der Waals surface area (Å²) >= 11 is 0. The topological polar surface area (TPSA) is 49.9 Å². The maximum Gasteiger partial charge on any atom is 0.227 e. The quantitative estimate of drug-likeness (QED) is 0.821. The van der Waals surface area contributed by atoms with Crippen molar-refractivity contribution in [3.05, 3.63) is 35.4 Å². The van der Waals surface area contributed by atoms with Crippen LogP contribution in [0.3, 0.4) is 0 Å². The Bertz CT molecular complexity index is 696. The van der Waals surface area contributed by atoms with Gasteiger partial charge < -0.3 is 14.5 Å². The molecule has 3 aliphatic rings. The van der Waals surface area contributed by atoms with Gasteiger partial charge in [-0.25, -0.2) is 0 Å². The molecule has 4 rings (SSSR count). The van der Waals surface area contributed by atoms with E-state index in [-0.39, 0.29) is 17.2 Å². The van der Waals surface area contributed by atoms with E-state index in [2.05, 4.69) is 19.1 Å². The molecule has 0 N–H and O–H groups in total. The van der Waals surface area contributed by atoms with Gasteiger partial charge in [-0.2, -0.15) is 0 Å². The van der Waals surface area contributed by atoms with Gasteiger partial charge in [0.1, 0.15) is 0 Å². The Kier molecular flexibility index (Phi) is 5.22.